The minimum atomic E-state index is -3.68. The van der Waals surface area contributed by atoms with Crippen molar-refractivity contribution in [1.82, 2.24) is 0 Å². The molecule has 2 aromatic rings. The van der Waals surface area contributed by atoms with Gasteiger partial charge >= 0.3 is 0 Å². The zero-order valence-electron chi connectivity index (χ0n) is 16.0. The summed E-state index contributed by atoms with van der Waals surface area (Å²) >= 11 is 0. The lowest BCUT2D eigenvalue weighted by Gasteiger charge is -2.22. The maximum absolute atomic E-state index is 13.0. The summed E-state index contributed by atoms with van der Waals surface area (Å²) in [7, 11) is -2.12. The van der Waals surface area contributed by atoms with E-state index in [1.165, 1.54) is 0 Å². The number of hydrogen-bond acceptors (Lipinski definition) is 3. The van der Waals surface area contributed by atoms with Crippen molar-refractivity contribution in [3.05, 3.63) is 52.6 Å². The maximum atomic E-state index is 13.0. The van der Waals surface area contributed by atoms with E-state index in [1.807, 2.05) is 39.0 Å². The van der Waals surface area contributed by atoms with Crippen molar-refractivity contribution in [1.29, 1.82) is 0 Å². The predicted molar refractivity (Wildman–Crippen MR) is 103 cm³/mol. The molecular weight excluding hydrogens is 334 g/mol. The maximum Gasteiger partial charge on any atom is 0.262 e. The van der Waals surface area contributed by atoms with E-state index in [2.05, 4.69) is 25.5 Å². The average Bonchev–Trinajstić information content (AvgIpc) is 2.43. The van der Waals surface area contributed by atoms with Gasteiger partial charge in [0.05, 0.1) is 17.7 Å². The molecule has 0 aliphatic carbocycles. The molecule has 25 heavy (non-hydrogen) atoms. The first-order valence-electron chi connectivity index (χ1n) is 8.24. The number of aryl methyl sites for hydroxylation is 3. The highest BCUT2D eigenvalue weighted by Crippen LogP contribution is 2.31. The first-order valence-corrected chi connectivity index (χ1v) is 9.72. The van der Waals surface area contributed by atoms with Crippen molar-refractivity contribution < 1.29 is 13.2 Å². The van der Waals surface area contributed by atoms with Gasteiger partial charge in [0.25, 0.3) is 10.0 Å². The first kappa shape index (κ1) is 19.3. The number of ether oxygens (including phenoxy) is 1. The van der Waals surface area contributed by atoms with Crippen LogP contribution in [0.25, 0.3) is 0 Å². The highest BCUT2D eigenvalue weighted by molar-refractivity contribution is 7.92. The third-order valence-electron chi connectivity index (χ3n) is 4.13. The summed E-state index contributed by atoms with van der Waals surface area (Å²) < 4.78 is 33.8. The van der Waals surface area contributed by atoms with E-state index in [0.717, 1.165) is 22.3 Å². The molecule has 1 N–H and O–H groups in total. The predicted octanol–water partition coefficient (Wildman–Crippen LogP) is 4.72. The second-order valence-corrected chi connectivity index (χ2v) is 9.15. The Balaban J connectivity index is 2.49. The van der Waals surface area contributed by atoms with Gasteiger partial charge < -0.3 is 4.74 Å². The SMILES string of the molecule is COc1cc(C)cc(NS(=O)(=O)c2c(C)cc(C(C)(C)C)cc2C)c1. The molecule has 0 heterocycles. The van der Waals surface area contributed by atoms with Gasteiger partial charge in [0.2, 0.25) is 0 Å². The number of anilines is 1. The van der Waals surface area contributed by atoms with E-state index < -0.39 is 10.0 Å². The van der Waals surface area contributed by atoms with Crippen LogP contribution < -0.4 is 9.46 Å². The number of nitrogens with one attached hydrogen (secondary N) is 1. The van der Waals surface area contributed by atoms with E-state index >= 15 is 0 Å². The quantitative estimate of drug-likeness (QED) is 0.857. The van der Waals surface area contributed by atoms with Gasteiger partial charge in [-0.25, -0.2) is 8.42 Å². The van der Waals surface area contributed by atoms with Crippen molar-refractivity contribution in [2.24, 2.45) is 0 Å². The zero-order valence-corrected chi connectivity index (χ0v) is 16.8. The second kappa shape index (κ2) is 6.71. The fourth-order valence-corrected chi connectivity index (χ4v) is 4.43. The molecule has 0 saturated heterocycles. The summed E-state index contributed by atoms with van der Waals surface area (Å²) in [6, 6.07) is 9.23. The Labute approximate surface area is 151 Å². The molecule has 5 heteroatoms. The van der Waals surface area contributed by atoms with Crippen molar-refractivity contribution in [2.75, 3.05) is 11.8 Å². The highest BCUT2D eigenvalue weighted by Gasteiger charge is 2.23. The smallest absolute Gasteiger partial charge is 0.262 e. The molecule has 136 valence electrons. The molecule has 2 rings (SSSR count). The Morgan fingerprint density at radius 3 is 1.96 bits per heavy atom. The third kappa shape index (κ3) is 4.34. The van der Waals surface area contributed by atoms with Crippen LogP contribution in [0.4, 0.5) is 5.69 Å². The van der Waals surface area contributed by atoms with Crippen LogP contribution in [0.2, 0.25) is 0 Å². The molecule has 0 aliphatic heterocycles. The Morgan fingerprint density at radius 2 is 1.48 bits per heavy atom. The van der Waals surface area contributed by atoms with Gasteiger partial charge in [0.1, 0.15) is 5.75 Å². The van der Waals surface area contributed by atoms with Crippen molar-refractivity contribution >= 4 is 15.7 Å². The van der Waals surface area contributed by atoms with Crippen LogP contribution in [-0.2, 0) is 15.4 Å². The Hall–Kier alpha value is -2.01. The molecule has 2 aromatic carbocycles. The molecule has 0 unspecified atom stereocenters. The van der Waals surface area contributed by atoms with Gasteiger partial charge in [-0.2, -0.15) is 0 Å². The molecule has 0 spiro atoms. The first-order chi connectivity index (χ1) is 11.4. The second-order valence-electron chi connectivity index (χ2n) is 7.53. The monoisotopic (exact) mass is 361 g/mol. The number of sulfonamides is 1. The van der Waals surface area contributed by atoms with Crippen LogP contribution in [-0.4, -0.2) is 15.5 Å². The van der Waals surface area contributed by atoms with Crippen LogP contribution in [0.3, 0.4) is 0 Å². The fraction of sp³-hybridized carbons (Fsp3) is 0.400. The van der Waals surface area contributed by atoms with E-state index in [0.29, 0.717) is 16.3 Å². The van der Waals surface area contributed by atoms with E-state index in [-0.39, 0.29) is 5.41 Å². The van der Waals surface area contributed by atoms with E-state index in [1.54, 1.807) is 19.2 Å². The van der Waals surface area contributed by atoms with Gasteiger partial charge in [-0.05, 0) is 60.6 Å². The minimum absolute atomic E-state index is 0.0326. The van der Waals surface area contributed by atoms with Crippen molar-refractivity contribution in [3.8, 4) is 5.75 Å². The fourth-order valence-electron chi connectivity index (χ4n) is 2.94. The number of benzene rings is 2. The van der Waals surface area contributed by atoms with Gasteiger partial charge in [-0.1, -0.05) is 32.9 Å². The molecule has 0 atom stereocenters. The molecule has 0 aliphatic rings. The molecule has 0 amide bonds. The summed E-state index contributed by atoms with van der Waals surface area (Å²) in [6.07, 6.45) is 0. The summed E-state index contributed by atoms with van der Waals surface area (Å²) in [5.74, 6) is 0.620. The van der Waals surface area contributed by atoms with E-state index in [9.17, 15) is 8.42 Å². The summed E-state index contributed by atoms with van der Waals surface area (Å²) in [5.41, 5.74) is 4.01. The summed E-state index contributed by atoms with van der Waals surface area (Å²) in [6.45, 7) is 11.9. The minimum Gasteiger partial charge on any atom is -0.497 e. The molecule has 0 radical (unpaired) electrons. The summed E-state index contributed by atoms with van der Waals surface area (Å²) in [5, 5.41) is 0. The van der Waals surface area contributed by atoms with Crippen molar-refractivity contribution in [2.45, 2.75) is 51.9 Å². The normalized spacial score (nSPS) is 12.1. The zero-order chi connectivity index (χ0) is 19.0. The van der Waals surface area contributed by atoms with Crippen molar-refractivity contribution in [3.63, 3.8) is 0 Å². The van der Waals surface area contributed by atoms with Crippen LogP contribution in [0.15, 0.2) is 35.2 Å². The number of hydrogen-bond donors (Lipinski definition) is 1. The lowest BCUT2D eigenvalue weighted by atomic mass is 9.85. The Kier molecular flexibility index (Phi) is 5.19. The molecule has 0 saturated carbocycles. The third-order valence-corrected chi connectivity index (χ3v) is 5.82. The van der Waals surface area contributed by atoms with Gasteiger partial charge in [0, 0.05) is 6.07 Å². The lowest BCUT2D eigenvalue weighted by molar-refractivity contribution is 0.414. The van der Waals surface area contributed by atoms with Gasteiger partial charge in [0.15, 0.2) is 0 Å². The van der Waals surface area contributed by atoms with Gasteiger partial charge in [-0.3, -0.25) is 4.72 Å². The van der Waals surface area contributed by atoms with E-state index in [4.69, 9.17) is 4.74 Å². The van der Waals surface area contributed by atoms with Crippen LogP contribution in [0.5, 0.6) is 5.75 Å². The molecule has 0 fully saturated rings. The number of rotatable bonds is 4. The average molecular weight is 362 g/mol. The van der Waals surface area contributed by atoms with Gasteiger partial charge in [-0.15, -0.1) is 0 Å². The van der Waals surface area contributed by atoms with Crippen LogP contribution in [0.1, 0.15) is 43.0 Å². The molecule has 0 bridgehead atoms. The molecular formula is C20H27NO3S. The van der Waals surface area contributed by atoms with Crippen LogP contribution in [0, 0.1) is 20.8 Å². The molecule has 4 nitrogen and oxygen atoms in total. The highest BCUT2D eigenvalue weighted by atomic mass is 32.2. The van der Waals surface area contributed by atoms with Crippen LogP contribution >= 0.6 is 0 Å². The molecule has 0 aromatic heterocycles. The Bertz CT molecular complexity index is 871. The lowest BCUT2D eigenvalue weighted by Crippen LogP contribution is -2.18. The summed E-state index contributed by atoms with van der Waals surface area (Å²) in [4.78, 5) is 0.334. The topological polar surface area (TPSA) is 55.4 Å². The Morgan fingerprint density at radius 1 is 0.920 bits per heavy atom. The standard InChI is InChI=1S/C20H27NO3S/c1-13-8-17(12-18(9-13)24-7)21-25(22,23)19-14(2)10-16(11-15(19)3)20(4,5)6/h8-12,21H,1-7H3. The largest absolute Gasteiger partial charge is 0.497 e. The number of methoxy groups -OCH3 is 1.